The second kappa shape index (κ2) is 4.85. The predicted molar refractivity (Wildman–Crippen MR) is 67.8 cm³/mol. The Hall–Kier alpha value is -1.39. The molecule has 88 valence electrons. The summed E-state index contributed by atoms with van der Waals surface area (Å²) in [5, 5.41) is 0.549. The summed E-state index contributed by atoms with van der Waals surface area (Å²) in [5.74, 6) is 0.366. The van der Waals surface area contributed by atoms with Crippen LogP contribution in [-0.2, 0) is 10.8 Å². The van der Waals surface area contributed by atoms with Gasteiger partial charge in [0.25, 0.3) is 0 Å². The van der Waals surface area contributed by atoms with Crippen LogP contribution in [0.15, 0.2) is 50.5 Å². The lowest BCUT2D eigenvalue weighted by Crippen LogP contribution is -2.01. The number of benzene rings is 1. The maximum Gasteiger partial charge on any atom is 0.337 e. The van der Waals surface area contributed by atoms with Crippen LogP contribution in [0.5, 0.6) is 0 Å². The average Bonchev–Trinajstić information content (AvgIpc) is 2.28. The molecule has 5 heteroatoms. The third kappa shape index (κ3) is 2.84. The highest BCUT2D eigenvalue weighted by Crippen LogP contribution is 2.22. The van der Waals surface area contributed by atoms with Gasteiger partial charge in [0.05, 0.1) is 10.8 Å². The van der Waals surface area contributed by atoms with Gasteiger partial charge < -0.3 is 4.42 Å². The monoisotopic (exact) mass is 268 g/mol. The van der Waals surface area contributed by atoms with Crippen LogP contribution < -0.4 is 5.63 Å². The first-order chi connectivity index (χ1) is 8.06. The Morgan fingerprint density at radius 3 is 2.65 bits per heavy atom. The van der Waals surface area contributed by atoms with Gasteiger partial charge in [-0.2, -0.15) is 0 Å². The fourth-order valence-corrected chi connectivity index (χ4v) is 2.13. The zero-order chi connectivity index (χ0) is 12.4. The van der Waals surface area contributed by atoms with Crippen molar-refractivity contribution in [3.63, 3.8) is 0 Å². The van der Waals surface area contributed by atoms with Crippen LogP contribution >= 0.6 is 11.6 Å². The largest absolute Gasteiger partial charge is 0.423 e. The van der Waals surface area contributed by atoms with Gasteiger partial charge in [0, 0.05) is 27.8 Å². The first-order valence-electron chi connectivity index (χ1n) is 4.81. The minimum atomic E-state index is -1.22. The first kappa shape index (κ1) is 12.1. The van der Waals surface area contributed by atoms with E-state index in [-0.39, 0.29) is 0 Å². The lowest BCUT2D eigenvalue weighted by Gasteiger charge is -2.02. The lowest BCUT2D eigenvalue weighted by molar-refractivity contribution is 0.520. The molecular formula is C12H9ClO3S. The molecule has 0 aliphatic rings. The number of hydrogen-bond donors (Lipinski definition) is 0. The van der Waals surface area contributed by atoms with Gasteiger partial charge >= 0.3 is 5.63 Å². The maximum absolute atomic E-state index is 11.4. The van der Waals surface area contributed by atoms with Crippen molar-refractivity contribution >= 4 is 22.4 Å². The molecule has 1 aromatic carbocycles. The summed E-state index contributed by atoms with van der Waals surface area (Å²) in [5.41, 5.74) is 0.162. The average molecular weight is 269 g/mol. The van der Waals surface area contributed by atoms with E-state index in [2.05, 4.69) is 0 Å². The molecule has 0 bridgehead atoms. The molecule has 1 atom stereocenters. The summed E-state index contributed by atoms with van der Waals surface area (Å²) in [4.78, 5) is 11.8. The molecule has 1 heterocycles. The highest BCUT2D eigenvalue weighted by atomic mass is 35.5. The van der Waals surface area contributed by atoms with Crippen molar-refractivity contribution in [3.05, 3.63) is 51.8 Å². The van der Waals surface area contributed by atoms with Gasteiger partial charge in [0.2, 0.25) is 0 Å². The van der Waals surface area contributed by atoms with Crippen molar-refractivity contribution in [2.75, 3.05) is 6.26 Å². The zero-order valence-corrected chi connectivity index (χ0v) is 10.5. The molecule has 0 saturated carbocycles. The van der Waals surface area contributed by atoms with Crippen molar-refractivity contribution in [1.29, 1.82) is 0 Å². The second-order valence-electron chi connectivity index (χ2n) is 3.44. The van der Waals surface area contributed by atoms with Crippen LogP contribution in [-0.4, -0.2) is 10.5 Å². The van der Waals surface area contributed by atoms with Crippen LogP contribution in [0, 0.1) is 0 Å². The molecule has 0 aliphatic heterocycles. The third-order valence-electron chi connectivity index (χ3n) is 2.19. The van der Waals surface area contributed by atoms with Crippen molar-refractivity contribution in [3.8, 4) is 11.3 Å². The summed E-state index contributed by atoms with van der Waals surface area (Å²) in [6.07, 6.45) is 1.51. The maximum atomic E-state index is 11.4. The molecule has 2 rings (SSSR count). The Bertz CT molecular complexity index is 634. The molecule has 0 radical (unpaired) electrons. The van der Waals surface area contributed by atoms with E-state index in [9.17, 15) is 9.00 Å². The van der Waals surface area contributed by atoms with Crippen LogP contribution in [0.3, 0.4) is 0 Å². The van der Waals surface area contributed by atoms with E-state index >= 15 is 0 Å². The van der Waals surface area contributed by atoms with Crippen molar-refractivity contribution < 1.29 is 8.63 Å². The Balaban J connectivity index is 2.60. The normalized spacial score (nSPS) is 12.4. The first-order valence-corrected chi connectivity index (χ1v) is 6.74. The third-order valence-corrected chi connectivity index (χ3v) is 3.32. The van der Waals surface area contributed by atoms with Gasteiger partial charge in [-0.3, -0.25) is 4.21 Å². The minimum absolute atomic E-state index is 0.366. The lowest BCUT2D eigenvalue weighted by atomic mass is 10.1. The van der Waals surface area contributed by atoms with Crippen molar-refractivity contribution in [1.82, 2.24) is 0 Å². The SMILES string of the molecule is CS(=O)c1cc(-c2cccc(Cl)c2)oc(=O)c1. The van der Waals surface area contributed by atoms with E-state index < -0.39 is 16.4 Å². The minimum Gasteiger partial charge on any atom is -0.423 e. The quantitative estimate of drug-likeness (QED) is 0.841. The van der Waals surface area contributed by atoms with Crippen molar-refractivity contribution in [2.24, 2.45) is 0 Å². The molecule has 0 amide bonds. The van der Waals surface area contributed by atoms with E-state index in [1.807, 2.05) is 0 Å². The Morgan fingerprint density at radius 2 is 2.00 bits per heavy atom. The second-order valence-corrected chi connectivity index (χ2v) is 5.26. The van der Waals surface area contributed by atoms with E-state index in [4.69, 9.17) is 16.0 Å². The molecular weight excluding hydrogens is 260 g/mol. The molecule has 1 aromatic heterocycles. The molecule has 0 spiro atoms. The molecule has 17 heavy (non-hydrogen) atoms. The van der Waals surface area contributed by atoms with E-state index in [0.29, 0.717) is 21.2 Å². The summed E-state index contributed by atoms with van der Waals surface area (Å²) in [6.45, 7) is 0. The predicted octanol–water partition coefficient (Wildman–Crippen LogP) is 2.70. The molecule has 1 unspecified atom stereocenters. The standard InChI is InChI=1S/C12H9ClO3S/c1-17(15)10-6-11(16-12(14)7-10)8-3-2-4-9(13)5-8/h2-7H,1H3. The van der Waals surface area contributed by atoms with Gasteiger partial charge in [0.1, 0.15) is 5.76 Å². The van der Waals surface area contributed by atoms with Crippen LogP contribution in [0.2, 0.25) is 5.02 Å². The van der Waals surface area contributed by atoms with Gasteiger partial charge in [-0.1, -0.05) is 23.7 Å². The fourth-order valence-electron chi connectivity index (χ4n) is 1.40. The van der Waals surface area contributed by atoms with Gasteiger partial charge in [-0.15, -0.1) is 0 Å². The summed E-state index contributed by atoms with van der Waals surface area (Å²) in [6, 6.07) is 9.75. The number of hydrogen-bond acceptors (Lipinski definition) is 3. The molecule has 2 aromatic rings. The number of halogens is 1. The number of rotatable bonds is 2. The highest BCUT2D eigenvalue weighted by Gasteiger charge is 2.07. The summed E-state index contributed by atoms with van der Waals surface area (Å²) < 4.78 is 16.4. The fraction of sp³-hybridized carbons (Fsp3) is 0.0833. The van der Waals surface area contributed by atoms with E-state index in [0.717, 1.165) is 0 Å². The molecule has 0 saturated heterocycles. The molecule has 0 aliphatic carbocycles. The molecule has 3 nitrogen and oxygen atoms in total. The Kier molecular flexibility index (Phi) is 3.45. The van der Waals surface area contributed by atoms with Gasteiger partial charge in [-0.25, -0.2) is 4.79 Å². The van der Waals surface area contributed by atoms with E-state index in [1.165, 1.54) is 12.3 Å². The van der Waals surface area contributed by atoms with Crippen LogP contribution in [0.4, 0.5) is 0 Å². The highest BCUT2D eigenvalue weighted by molar-refractivity contribution is 7.84. The van der Waals surface area contributed by atoms with Gasteiger partial charge in [-0.05, 0) is 18.2 Å². The summed E-state index contributed by atoms with van der Waals surface area (Å²) >= 11 is 5.86. The molecule has 0 N–H and O–H groups in total. The van der Waals surface area contributed by atoms with Crippen LogP contribution in [0.1, 0.15) is 0 Å². The Morgan fingerprint density at radius 1 is 1.24 bits per heavy atom. The van der Waals surface area contributed by atoms with E-state index in [1.54, 1.807) is 30.3 Å². The van der Waals surface area contributed by atoms with Crippen LogP contribution in [0.25, 0.3) is 11.3 Å². The smallest absolute Gasteiger partial charge is 0.337 e. The zero-order valence-electron chi connectivity index (χ0n) is 8.98. The Labute approximate surface area is 105 Å². The van der Waals surface area contributed by atoms with Gasteiger partial charge in [0.15, 0.2) is 0 Å². The topological polar surface area (TPSA) is 47.3 Å². The summed E-state index contributed by atoms with van der Waals surface area (Å²) in [7, 11) is -1.22. The molecule has 0 fully saturated rings. The van der Waals surface area contributed by atoms with Crippen molar-refractivity contribution in [2.45, 2.75) is 4.90 Å².